The van der Waals surface area contributed by atoms with Crippen molar-refractivity contribution in [1.29, 1.82) is 0 Å². The van der Waals surface area contributed by atoms with Crippen molar-refractivity contribution in [3.05, 3.63) is 64.7 Å². The third-order valence-electron chi connectivity index (χ3n) is 7.02. The molecule has 1 unspecified atom stereocenters. The lowest BCUT2D eigenvalue weighted by molar-refractivity contribution is -0.151. The first kappa shape index (κ1) is 31.5. The maximum absolute atomic E-state index is 14.6. The van der Waals surface area contributed by atoms with Crippen LogP contribution in [0.3, 0.4) is 0 Å². The van der Waals surface area contributed by atoms with Crippen molar-refractivity contribution in [2.24, 2.45) is 11.8 Å². The van der Waals surface area contributed by atoms with Gasteiger partial charge in [0.05, 0.1) is 6.61 Å². The highest BCUT2D eigenvalue weighted by Crippen LogP contribution is 2.32. The van der Waals surface area contributed by atoms with Crippen LogP contribution in [0.2, 0.25) is 0 Å². The number of halogens is 2. The van der Waals surface area contributed by atoms with Crippen LogP contribution in [-0.4, -0.2) is 43.3 Å². The summed E-state index contributed by atoms with van der Waals surface area (Å²) in [6.45, 7) is 10.2. The van der Waals surface area contributed by atoms with Gasteiger partial charge >= 0.3 is 11.9 Å². The van der Waals surface area contributed by atoms with Gasteiger partial charge in [0.15, 0.2) is 11.6 Å². The Bertz CT molecular complexity index is 1130. The number of hydrogen-bond acceptors (Lipinski definition) is 6. The Morgan fingerprint density at radius 2 is 1.75 bits per heavy atom. The van der Waals surface area contributed by atoms with Crippen LogP contribution in [0, 0.1) is 23.5 Å². The molecule has 3 rings (SSSR count). The summed E-state index contributed by atoms with van der Waals surface area (Å²) < 4.78 is 45.2. The summed E-state index contributed by atoms with van der Waals surface area (Å²) in [6, 6.07) is 10.9. The lowest BCUT2D eigenvalue weighted by atomic mass is 9.88. The molecule has 0 amide bonds. The van der Waals surface area contributed by atoms with Crippen LogP contribution in [0.4, 0.5) is 8.78 Å². The van der Waals surface area contributed by atoms with E-state index in [4.69, 9.17) is 14.2 Å². The topological polar surface area (TPSA) is 73.9 Å². The predicted octanol–water partition coefficient (Wildman–Crippen LogP) is 5.97. The number of benzene rings is 2. The number of hydrogen-bond donors (Lipinski definition) is 1. The Kier molecular flexibility index (Phi) is 11.5. The van der Waals surface area contributed by atoms with Gasteiger partial charge in [-0.25, -0.2) is 4.39 Å². The van der Waals surface area contributed by atoms with E-state index < -0.39 is 23.7 Å². The van der Waals surface area contributed by atoms with E-state index in [1.807, 2.05) is 13.8 Å². The van der Waals surface area contributed by atoms with Crippen molar-refractivity contribution in [1.82, 2.24) is 5.32 Å². The van der Waals surface area contributed by atoms with Crippen LogP contribution < -0.4 is 10.1 Å². The van der Waals surface area contributed by atoms with Crippen molar-refractivity contribution in [2.75, 3.05) is 19.8 Å². The second-order valence-corrected chi connectivity index (χ2v) is 11.7. The maximum Gasteiger partial charge on any atom is 0.306 e. The zero-order valence-corrected chi connectivity index (χ0v) is 24.4. The first-order valence-corrected chi connectivity index (χ1v) is 14.2. The molecule has 2 aromatic carbocycles. The fourth-order valence-corrected chi connectivity index (χ4v) is 5.21. The molecule has 8 heteroatoms. The lowest BCUT2D eigenvalue weighted by Crippen LogP contribution is -2.47. The molecule has 1 aliphatic carbocycles. The van der Waals surface area contributed by atoms with Crippen LogP contribution in [-0.2, 0) is 38.3 Å². The minimum absolute atomic E-state index is 0.0405. The standard InChI is InChI=1S/C32H43F2NO5/c1-6-38-29(36)12-11-22-16-27(33)31(34)28(17-22)39-20-26(40-30(37)13-21(2)3)19-35-32(4,5)18-23-14-24-9-7-8-10-25(24)15-23/h7-10,16-17,21,23,26,35H,6,11-15,18-20H2,1-5H3. The Morgan fingerprint density at radius 1 is 1.07 bits per heavy atom. The molecule has 1 N–H and O–H groups in total. The smallest absolute Gasteiger partial charge is 0.306 e. The third kappa shape index (κ3) is 9.88. The molecule has 6 nitrogen and oxygen atoms in total. The SMILES string of the molecule is CCOC(=O)CCc1cc(F)c(F)c(OCC(CNC(C)(C)CC2Cc3ccccc3C2)OC(=O)CC(C)C)c1. The molecule has 0 bridgehead atoms. The Balaban J connectivity index is 1.63. The maximum atomic E-state index is 14.6. The first-order valence-electron chi connectivity index (χ1n) is 14.2. The van der Waals surface area contributed by atoms with E-state index in [9.17, 15) is 18.4 Å². The minimum Gasteiger partial charge on any atom is -0.486 e. The molecular formula is C32H43F2NO5. The summed E-state index contributed by atoms with van der Waals surface area (Å²) in [4.78, 5) is 24.2. The molecule has 1 atom stereocenters. The van der Waals surface area contributed by atoms with Gasteiger partial charge in [0.2, 0.25) is 5.82 Å². The van der Waals surface area contributed by atoms with Gasteiger partial charge in [-0.05, 0) is 87.1 Å². The summed E-state index contributed by atoms with van der Waals surface area (Å²) in [5.41, 5.74) is 2.96. The zero-order chi connectivity index (χ0) is 29.3. The highest BCUT2D eigenvalue weighted by molar-refractivity contribution is 5.70. The Morgan fingerprint density at radius 3 is 2.38 bits per heavy atom. The van der Waals surface area contributed by atoms with Gasteiger partial charge in [-0.15, -0.1) is 0 Å². The Labute approximate surface area is 236 Å². The van der Waals surface area contributed by atoms with Gasteiger partial charge in [-0.3, -0.25) is 9.59 Å². The third-order valence-corrected chi connectivity index (χ3v) is 7.02. The van der Waals surface area contributed by atoms with E-state index in [0.29, 0.717) is 18.0 Å². The number of rotatable bonds is 15. The van der Waals surface area contributed by atoms with Crippen LogP contribution >= 0.6 is 0 Å². The van der Waals surface area contributed by atoms with Gasteiger partial charge in [0, 0.05) is 24.9 Å². The van der Waals surface area contributed by atoms with Crippen LogP contribution in [0.5, 0.6) is 5.75 Å². The second-order valence-electron chi connectivity index (χ2n) is 11.7. The second kappa shape index (κ2) is 14.6. The van der Waals surface area contributed by atoms with Crippen LogP contribution in [0.1, 0.15) is 70.6 Å². The van der Waals surface area contributed by atoms with Gasteiger partial charge in [-0.1, -0.05) is 38.1 Å². The summed E-state index contributed by atoms with van der Waals surface area (Å²) >= 11 is 0. The number of carbonyl (C=O) groups is 2. The number of esters is 2. The van der Waals surface area contributed by atoms with Crippen LogP contribution in [0.15, 0.2) is 36.4 Å². The summed E-state index contributed by atoms with van der Waals surface area (Å²) in [6.07, 6.45) is 2.75. The van der Waals surface area contributed by atoms with Crippen molar-refractivity contribution in [2.45, 2.75) is 84.8 Å². The van der Waals surface area contributed by atoms with Gasteiger partial charge in [-0.2, -0.15) is 4.39 Å². The van der Waals surface area contributed by atoms with E-state index >= 15 is 0 Å². The normalized spacial score (nSPS) is 14.2. The number of aryl methyl sites for hydroxylation is 1. The molecule has 0 radical (unpaired) electrons. The van der Waals surface area contributed by atoms with Crippen LogP contribution in [0.25, 0.3) is 0 Å². The molecule has 0 heterocycles. The van der Waals surface area contributed by atoms with E-state index in [-0.39, 0.29) is 55.7 Å². The summed E-state index contributed by atoms with van der Waals surface area (Å²) in [5, 5.41) is 3.51. The van der Waals surface area contributed by atoms with Crippen molar-refractivity contribution >= 4 is 11.9 Å². The Hall–Kier alpha value is -3.00. The minimum atomic E-state index is -1.12. The van der Waals surface area contributed by atoms with E-state index in [0.717, 1.165) is 25.3 Å². The van der Waals surface area contributed by atoms with Gasteiger partial charge < -0.3 is 19.5 Å². The highest BCUT2D eigenvalue weighted by atomic mass is 19.2. The molecule has 1 aliphatic rings. The number of fused-ring (bicyclic) bond motifs is 1. The molecule has 2 aromatic rings. The molecule has 220 valence electrons. The molecule has 0 saturated carbocycles. The molecule has 0 spiro atoms. The lowest BCUT2D eigenvalue weighted by Gasteiger charge is -2.31. The first-order chi connectivity index (χ1) is 19.0. The molecule has 0 fully saturated rings. The van der Waals surface area contributed by atoms with Crippen molar-refractivity contribution < 1.29 is 32.6 Å². The van der Waals surface area contributed by atoms with Gasteiger partial charge in [0.1, 0.15) is 12.7 Å². The average molecular weight is 560 g/mol. The number of ether oxygens (including phenoxy) is 3. The summed E-state index contributed by atoms with van der Waals surface area (Å²) in [5.74, 6) is -2.64. The van der Waals surface area contributed by atoms with Crippen molar-refractivity contribution in [3.63, 3.8) is 0 Å². The largest absolute Gasteiger partial charge is 0.486 e. The van der Waals surface area contributed by atoms with Gasteiger partial charge in [0.25, 0.3) is 0 Å². The molecule has 0 aromatic heterocycles. The predicted molar refractivity (Wildman–Crippen MR) is 150 cm³/mol. The molecule has 0 aliphatic heterocycles. The van der Waals surface area contributed by atoms with E-state index in [1.54, 1.807) is 6.92 Å². The number of carbonyl (C=O) groups excluding carboxylic acids is 2. The quantitative estimate of drug-likeness (QED) is 0.271. The number of nitrogens with one attached hydrogen (secondary N) is 1. The zero-order valence-electron chi connectivity index (χ0n) is 24.4. The summed E-state index contributed by atoms with van der Waals surface area (Å²) in [7, 11) is 0. The fraction of sp³-hybridized carbons (Fsp3) is 0.562. The van der Waals surface area contributed by atoms with E-state index in [2.05, 4.69) is 43.4 Å². The monoisotopic (exact) mass is 559 g/mol. The van der Waals surface area contributed by atoms with E-state index in [1.165, 1.54) is 17.2 Å². The van der Waals surface area contributed by atoms with Crippen molar-refractivity contribution in [3.8, 4) is 5.75 Å². The molecular weight excluding hydrogens is 516 g/mol. The molecule has 0 saturated heterocycles. The molecule has 40 heavy (non-hydrogen) atoms. The average Bonchev–Trinajstić information content (AvgIpc) is 3.28. The fourth-order valence-electron chi connectivity index (χ4n) is 5.21. The highest BCUT2D eigenvalue weighted by Gasteiger charge is 2.29.